The number of furan rings is 1. The fourth-order valence-electron chi connectivity index (χ4n) is 1.38. The quantitative estimate of drug-likeness (QED) is 0.593. The van der Waals surface area contributed by atoms with Crippen LogP contribution in [0, 0.1) is 20.8 Å². The van der Waals surface area contributed by atoms with Crippen molar-refractivity contribution < 1.29 is 4.42 Å². The van der Waals surface area contributed by atoms with Crippen LogP contribution in [0.15, 0.2) is 16.7 Å². The summed E-state index contributed by atoms with van der Waals surface area (Å²) >= 11 is 0. The molecule has 2 aromatic rings. The van der Waals surface area contributed by atoms with Gasteiger partial charge in [0.1, 0.15) is 5.52 Å². The standard InChI is InChI=1S/C10H11NO/c1-6-7(2)10-9(4-5-12-10)11-8(6)3/h4-5H,1-3H3. The van der Waals surface area contributed by atoms with E-state index in [1.807, 2.05) is 13.0 Å². The van der Waals surface area contributed by atoms with Crippen molar-refractivity contribution in [2.24, 2.45) is 0 Å². The minimum absolute atomic E-state index is 0.915. The fourth-order valence-corrected chi connectivity index (χ4v) is 1.38. The summed E-state index contributed by atoms with van der Waals surface area (Å²) < 4.78 is 5.32. The van der Waals surface area contributed by atoms with Crippen molar-refractivity contribution in [3.05, 3.63) is 29.2 Å². The van der Waals surface area contributed by atoms with Crippen LogP contribution in [0.3, 0.4) is 0 Å². The van der Waals surface area contributed by atoms with Crippen LogP contribution in [0.25, 0.3) is 11.1 Å². The highest BCUT2D eigenvalue weighted by Gasteiger charge is 2.06. The van der Waals surface area contributed by atoms with Crippen LogP contribution in [0.2, 0.25) is 0 Å². The second kappa shape index (κ2) is 2.34. The Kier molecular flexibility index (Phi) is 1.43. The minimum Gasteiger partial charge on any atom is -0.462 e. The third-order valence-corrected chi connectivity index (χ3v) is 2.38. The molecule has 2 heteroatoms. The lowest BCUT2D eigenvalue weighted by atomic mass is 10.1. The topological polar surface area (TPSA) is 26.0 Å². The van der Waals surface area contributed by atoms with Crippen LogP contribution >= 0.6 is 0 Å². The molecule has 0 radical (unpaired) electrons. The van der Waals surface area contributed by atoms with E-state index in [1.165, 1.54) is 11.1 Å². The molecule has 0 aliphatic heterocycles. The molecule has 12 heavy (non-hydrogen) atoms. The van der Waals surface area contributed by atoms with Crippen molar-refractivity contribution in [3.8, 4) is 0 Å². The molecule has 0 amide bonds. The average Bonchev–Trinajstić information content (AvgIpc) is 2.48. The zero-order valence-electron chi connectivity index (χ0n) is 7.51. The first-order chi connectivity index (χ1) is 5.70. The van der Waals surface area contributed by atoms with E-state index in [0.717, 1.165) is 16.8 Å². The van der Waals surface area contributed by atoms with Gasteiger partial charge in [-0.05, 0) is 31.9 Å². The van der Waals surface area contributed by atoms with Crippen molar-refractivity contribution in [1.82, 2.24) is 4.98 Å². The smallest absolute Gasteiger partial charge is 0.155 e. The zero-order valence-corrected chi connectivity index (χ0v) is 7.51. The molecule has 0 atom stereocenters. The normalized spacial score (nSPS) is 10.9. The monoisotopic (exact) mass is 161 g/mol. The highest BCUT2D eigenvalue weighted by molar-refractivity contribution is 5.77. The molecule has 2 nitrogen and oxygen atoms in total. The van der Waals surface area contributed by atoms with Crippen molar-refractivity contribution in [3.63, 3.8) is 0 Å². The number of fused-ring (bicyclic) bond motifs is 1. The summed E-state index contributed by atoms with van der Waals surface area (Å²) in [7, 11) is 0. The van der Waals surface area contributed by atoms with E-state index in [4.69, 9.17) is 4.42 Å². The predicted octanol–water partition coefficient (Wildman–Crippen LogP) is 2.75. The van der Waals surface area contributed by atoms with Crippen molar-refractivity contribution in [2.45, 2.75) is 20.8 Å². The van der Waals surface area contributed by atoms with Crippen LogP contribution in [0.1, 0.15) is 16.8 Å². The molecule has 0 saturated heterocycles. The Balaban J connectivity index is 2.94. The maximum atomic E-state index is 5.32. The van der Waals surface area contributed by atoms with Gasteiger partial charge < -0.3 is 4.42 Å². The molecule has 0 unspecified atom stereocenters. The first-order valence-corrected chi connectivity index (χ1v) is 4.01. The number of hydrogen-bond donors (Lipinski definition) is 0. The summed E-state index contributed by atoms with van der Waals surface area (Å²) in [6.07, 6.45) is 1.68. The summed E-state index contributed by atoms with van der Waals surface area (Å²) in [5.41, 5.74) is 5.37. The fraction of sp³-hybridized carbons (Fsp3) is 0.300. The lowest BCUT2D eigenvalue weighted by Crippen LogP contribution is -1.90. The highest BCUT2D eigenvalue weighted by atomic mass is 16.3. The largest absolute Gasteiger partial charge is 0.462 e. The minimum atomic E-state index is 0.915. The molecule has 2 heterocycles. The summed E-state index contributed by atoms with van der Waals surface area (Å²) in [5, 5.41) is 0. The summed E-state index contributed by atoms with van der Waals surface area (Å²) in [5.74, 6) is 0. The molecule has 0 bridgehead atoms. The van der Waals surface area contributed by atoms with Gasteiger partial charge >= 0.3 is 0 Å². The Morgan fingerprint density at radius 3 is 2.67 bits per heavy atom. The van der Waals surface area contributed by atoms with E-state index >= 15 is 0 Å². The Labute approximate surface area is 71.2 Å². The van der Waals surface area contributed by atoms with E-state index in [9.17, 15) is 0 Å². The number of nitrogens with zero attached hydrogens (tertiary/aromatic N) is 1. The van der Waals surface area contributed by atoms with Gasteiger partial charge in [-0.1, -0.05) is 0 Å². The Hall–Kier alpha value is -1.31. The molecule has 0 saturated carbocycles. The highest BCUT2D eigenvalue weighted by Crippen LogP contribution is 2.22. The van der Waals surface area contributed by atoms with E-state index in [-0.39, 0.29) is 0 Å². The van der Waals surface area contributed by atoms with Crippen molar-refractivity contribution in [1.29, 1.82) is 0 Å². The first kappa shape index (κ1) is 7.35. The van der Waals surface area contributed by atoms with Crippen LogP contribution in [0.4, 0.5) is 0 Å². The Morgan fingerprint density at radius 1 is 1.17 bits per heavy atom. The van der Waals surface area contributed by atoms with Gasteiger partial charge in [-0.3, -0.25) is 0 Å². The van der Waals surface area contributed by atoms with Crippen LogP contribution in [-0.2, 0) is 0 Å². The SMILES string of the molecule is Cc1nc2ccoc2c(C)c1C. The molecule has 0 N–H and O–H groups in total. The van der Waals surface area contributed by atoms with E-state index in [1.54, 1.807) is 6.26 Å². The lowest BCUT2D eigenvalue weighted by Gasteiger charge is -2.02. The van der Waals surface area contributed by atoms with E-state index in [2.05, 4.69) is 18.8 Å². The Morgan fingerprint density at radius 2 is 1.92 bits per heavy atom. The maximum Gasteiger partial charge on any atom is 0.155 e. The van der Waals surface area contributed by atoms with Gasteiger partial charge in [-0.2, -0.15) is 0 Å². The summed E-state index contributed by atoms with van der Waals surface area (Å²) in [6.45, 7) is 6.16. The molecule has 0 aromatic carbocycles. The van der Waals surface area contributed by atoms with E-state index < -0.39 is 0 Å². The molecule has 2 aromatic heterocycles. The predicted molar refractivity (Wildman–Crippen MR) is 48.2 cm³/mol. The van der Waals surface area contributed by atoms with Crippen LogP contribution in [-0.4, -0.2) is 4.98 Å². The number of rotatable bonds is 0. The van der Waals surface area contributed by atoms with Gasteiger partial charge in [-0.15, -0.1) is 0 Å². The van der Waals surface area contributed by atoms with Crippen molar-refractivity contribution >= 4 is 11.1 Å². The molecular formula is C10H11NO. The number of aromatic nitrogens is 1. The van der Waals surface area contributed by atoms with E-state index in [0.29, 0.717) is 0 Å². The molecular weight excluding hydrogens is 150 g/mol. The van der Waals surface area contributed by atoms with Crippen LogP contribution in [0.5, 0.6) is 0 Å². The maximum absolute atomic E-state index is 5.32. The molecule has 0 aliphatic rings. The third kappa shape index (κ3) is 0.843. The molecule has 0 aliphatic carbocycles. The summed E-state index contributed by atoms with van der Waals surface area (Å²) in [4.78, 5) is 4.40. The molecule has 0 spiro atoms. The second-order valence-electron chi connectivity index (χ2n) is 3.08. The van der Waals surface area contributed by atoms with Gasteiger partial charge in [0.2, 0.25) is 0 Å². The lowest BCUT2D eigenvalue weighted by molar-refractivity contribution is 0.612. The van der Waals surface area contributed by atoms with Gasteiger partial charge in [-0.25, -0.2) is 4.98 Å². The van der Waals surface area contributed by atoms with Gasteiger partial charge in [0.25, 0.3) is 0 Å². The van der Waals surface area contributed by atoms with Crippen LogP contribution < -0.4 is 0 Å². The number of pyridine rings is 1. The third-order valence-electron chi connectivity index (χ3n) is 2.38. The van der Waals surface area contributed by atoms with Gasteiger partial charge in [0, 0.05) is 11.8 Å². The molecule has 2 rings (SSSR count). The number of aryl methyl sites for hydroxylation is 2. The van der Waals surface area contributed by atoms with Gasteiger partial charge in [0.05, 0.1) is 6.26 Å². The zero-order chi connectivity index (χ0) is 8.72. The second-order valence-corrected chi connectivity index (χ2v) is 3.08. The average molecular weight is 161 g/mol. The van der Waals surface area contributed by atoms with Gasteiger partial charge in [0.15, 0.2) is 5.58 Å². The van der Waals surface area contributed by atoms with Crippen molar-refractivity contribution in [2.75, 3.05) is 0 Å². The molecule has 0 fully saturated rings. The Bertz CT molecular complexity index is 429. The summed E-state index contributed by atoms with van der Waals surface area (Å²) in [6, 6.07) is 1.90. The number of hydrogen-bond acceptors (Lipinski definition) is 2. The first-order valence-electron chi connectivity index (χ1n) is 4.01. The molecule has 62 valence electrons.